The van der Waals surface area contributed by atoms with Crippen LogP contribution in [0.15, 0.2) is 11.6 Å². The number of hydrogen-bond acceptors (Lipinski definition) is 0. The van der Waals surface area contributed by atoms with Crippen molar-refractivity contribution in [2.24, 2.45) is 5.92 Å². The molecule has 0 spiro atoms. The average Bonchev–Trinajstić information content (AvgIpc) is 2.24. The van der Waals surface area contributed by atoms with Crippen LogP contribution in [0.2, 0.25) is 0 Å². The van der Waals surface area contributed by atoms with Gasteiger partial charge in [0.25, 0.3) is 0 Å². The van der Waals surface area contributed by atoms with Gasteiger partial charge in [-0.15, -0.1) is 0 Å². The van der Waals surface area contributed by atoms with Gasteiger partial charge >= 0.3 is 0 Å². The molecule has 0 radical (unpaired) electrons. The molecular weight excluding hydrogens is 156 g/mol. The van der Waals surface area contributed by atoms with Crippen LogP contribution in [0.4, 0.5) is 0 Å². The molecule has 0 aliphatic heterocycles. The van der Waals surface area contributed by atoms with Crippen LogP contribution in [0.3, 0.4) is 0 Å². The highest BCUT2D eigenvalue weighted by Crippen LogP contribution is 2.27. The summed E-state index contributed by atoms with van der Waals surface area (Å²) >= 11 is 0. The van der Waals surface area contributed by atoms with Crippen molar-refractivity contribution >= 4 is 0 Å². The summed E-state index contributed by atoms with van der Waals surface area (Å²) in [6.07, 6.45) is 12.3. The van der Waals surface area contributed by atoms with Gasteiger partial charge in [-0.3, -0.25) is 0 Å². The molecule has 1 rings (SSSR count). The molecule has 1 aliphatic rings. The van der Waals surface area contributed by atoms with E-state index in [0.717, 1.165) is 18.8 Å². The molecule has 0 bridgehead atoms. The first-order valence-electron chi connectivity index (χ1n) is 7.17. The van der Waals surface area contributed by atoms with E-state index in [1.165, 1.54) is 38.5 Å². The third-order valence-electron chi connectivity index (χ3n) is 2.99. The molecule has 0 heteroatoms. The summed E-state index contributed by atoms with van der Waals surface area (Å²) in [5, 5.41) is 0. The maximum absolute atomic E-state index is 7.23. The molecule has 0 aromatic carbocycles. The van der Waals surface area contributed by atoms with E-state index in [4.69, 9.17) is 4.11 Å². The van der Waals surface area contributed by atoms with E-state index in [9.17, 15) is 0 Å². The van der Waals surface area contributed by atoms with Crippen LogP contribution in [-0.4, -0.2) is 0 Å². The van der Waals surface area contributed by atoms with Gasteiger partial charge < -0.3 is 0 Å². The van der Waals surface area contributed by atoms with Crippen molar-refractivity contribution in [3.8, 4) is 0 Å². The highest BCUT2D eigenvalue weighted by Gasteiger charge is 2.11. The molecule has 0 aromatic rings. The molecule has 1 saturated carbocycles. The normalized spacial score (nSPS) is 25.0. The van der Waals surface area contributed by atoms with E-state index in [0.29, 0.717) is 5.57 Å². The lowest BCUT2D eigenvalue weighted by Crippen LogP contribution is -2.05. The number of hydrogen-bond donors (Lipinski definition) is 0. The van der Waals surface area contributed by atoms with Crippen LogP contribution in [0.25, 0.3) is 0 Å². The molecule has 1 aliphatic carbocycles. The van der Waals surface area contributed by atoms with Crippen molar-refractivity contribution in [2.45, 2.75) is 65.1 Å². The Balaban J connectivity index is 2.15. The summed E-state index contributed by atoms with van der Waals surface area (Å²) < 4.78 is 21.7. The number of rotatable bonds is 4. The quantitative estimate of drug-likeness (QED) is 0.437. The van der Waals surface area contributed by atoms with Gasteiger partial charge in [-0.25, -0.2) is 0 Å². The lowest BCUT2D eigenvalue weighted by molar-refractivity contribution is 0.333. The summed E-state index contributed by atoms with van der Waals surface area (Å²) in [6, 6.07) is 0. The maximum atomic E-state index is 7.23. The van der Waals surface area contributed by atoms with Crippen LogP contribution in [0.1, 0.15) is 69.3 Å². The monoisotopic (exact) mass is 183 g/mol. The minimum Gasteiger partial charge on any atom is -0.0859 e. The molecular formula is C13H24. The highest BCUT2D eigenvalue weighted by molar-refractivity contribution is 4.92. The molecule has 0 amide bonds. The summed E-state index contributed by atoms with van der Waals surface area (Å²) in [4.78, 5) is 0. The average molecular weight is 183 g/mol. The fraction of sp³-hybridized carbons (Fsp3) is 0.846. The minimum atomic E-state index is -1.88. The first kappa shape index (κ1) is 7.09. The molecule has 0 nitrogen and oxygen atoms in total. The van der Waals surface area contributed by atoms with Crippen molar-refractivity contribution in [3.05, 3.63) is 11.6 Å². The first-order valence-corrected chi connectivity index (χ1v) is 5.67. The Morgan fingerprint density at radius 3 is 2.85 bits per heavy atom. The smallest absolute Gasteiger partial charge is 0.0276 e. The summed E-state index contributed by atoms with van der Waals surface area (Å²) in [7, 11) is 0. The van der Waals surface area contributed by atoms with Gasteiger partial charge in [0, 0.05) is 4.11 Å². The third-order valence-corrected chi connectivity index (χ3v) is 2.99. The van der Waals surface area contributed by atoms with Crippen LogP contribution in [0, 0.1) is 5.92 Å². The van der Waals surface area contributed by atoms with Gasteiger partial charge in [-0.2, -0.15) is 0 Å². The molecule has 0 atom stereocenters. The Hall–Kier alpha value is -0.260. The zero-order valence-electron chi connectivity index (χ0n) is 11.8. The van der Waals surface area contributed by atoms with E-state index in [1.54, 1.807) is 6.92 Å². The van der Waals surface area contributed by atoms with Crippen LogP contribution >= 0.6 is 0 Å². The van der Waals surface area contributed by atoms with Gasteiger partial charge in [0.15, 0.2) is 0 Å². The highest BCUT2D eigenvalue weighted by atomic mass is 14.2. The van der Waals surface area contributed by atoms with Crippen molar-refractivity contribution in [2.75, 3.05) is 0 Å². The van der Waals surface area contributed by atoms with Crippen LogP contribution < -0.4 is 0 Å². The maximum Gasteiger partial charge on any atom is 0.0276 e. The van der Waals surface area contributed by atoms with E-state index in [-0.39, 0.29) is 0 Å². The Labute approximate surface area is 87.6 Å². The van der Waals surface area contributed by atoms with Gasteiger partial charge in [-0.1, -0.05) is 50.2 Å². The minimum absolute atomic E-state index is 0.552. The zero-order chi connectivity index (χ0) is 12.0. The second-order valence-electron chi connectivity index (χ2n) is 4.32. The summed E-state index contributed by atoms with van der Waals surface area (Å²) in [6.45, 7) is -0.168. The Bertz CT molecular complexity index is 222. The summed E-state index contributed by atoms with van der Waals surface area (Å²) in [5.41, 5.74) is 0.552. The zero-order valence-corrected chi connectivity index (χ0v) is 8.81. The second kappa shape index (κ2) is 6.23. The van der Waals surface area contributed by atoms with E-state index in [1.807, 2.05) is 6.08 Å². The van der Waals surface area contributed by atoms with E-state index >= 15 is 0 Å². The fourth-order valence-electron chi connectivity index (χ4n) is 2.20. The molecule has 76 valence electrons. The lowest BCUT2D eigenvalue weighted by atomic mass is 9.86. The molecule has 0 N–H and O–H groups in total. The van der Waals surface area contributed by atoms with Crippen molar-refractivity contribution in [1.29, 1.82) is 0 Å². The predicted octanol–water partition coefficient (Wildman–Crippen LogP) is 4.70. The third kappa shape index (κ3) is 5.13. The summed E-state index contributed by atoms with van der Waals surface area (Å²) in [5.74, 6) is 0.912. The predicted molar refractivity (Wildman–Crippen MR) is 59.9 cm³/mol. The standard InChI is InChI=1S/C13H24/c1-12(2)8-6-7-11-13-9-4-3-5-10-13/h8,13H,3-7,9-11H2,1-2H3/i1D3/b12-8-. The Kier molecular flexibility index (Phi) is 3.40. The largest absolute Gasteiger partial charge is 0.0859 e. The molecule has 0 saturated heterocycles. The lowest BCUT2D eigenvalue weighted by Gasteiger charge is -2.20. The first-order chi connectivity index (χ1) is 7.50. The number of unbranched alkanes of at least 4 members (excludes halogenated alkanes) is 1. The van der Waals surface area contributed by atoms with Gasteiger partial charge in [0.2, 0.25) is 0 Å². The van der Waals surface area contributed by atoms with E-state index in [2.05, 4.69) is 0 Å². The molecule has 0 unspecified atom stereocenters. The van der Waals surface area contributed by atoms with Crippen molar-refractivity contribution in [1.82, 2.24) is 0 Å². The molecule has 0 aromatic heterocycles. The molecule has 1 fully saturated rings. The van der Waals surface area contributed by atoms with Gasteiger partial charge in [0.1, 0.15) is 0 Å². The molecule has 13 heavy (non-hydrogen) atoms. The van der Waals surface area contributed by atoms with E-state index < -0.39 is 6.85 Å². The number of allylic oxidation sites excluding steroid dienone is 2. The molecule has 0 heterocycles. The topological polar surface area (TPSA) is 0 Å². The SMILES string of the molecule is [2H]C([2H])([2H])/C(C)=C/CCCC1CCCCC1. The van der Waals surface area contributed by atoms with Gasteiger partial charge in [-0.05, 0) is 32.5 Å². The van der Waals surface area contributed by atoms with Crippen molar-refractivity contribution < 1.29 is 4.11 Å². The van der Waals surface area contributed by atoms with Gasteiger partial charge in [0.05, 0.1) is 0 Å². The Morgan fingerprint density at radius 1 is 1.38 bits per heavy atom. The fourth-order valence-corrected chi connectivity index (χ4v) is 2.20. The Morgan fingerprint density at radius 2 is 2.15 bits per heavy atom. The van der Waals surface area contributed by atoms with Crippen LogP contribution in [0.5, 0.6) is 0 Å². The van der Waals surface area contributed by atoms with Crippen molar-refractivity contribution in [3.63, 3.8) is 0 Å². The second-order valence-corrected chi connectivity index (χ2v) is 4.32. The van der Waals surface area contributed by atoms with Crippen LogP contribution in [-0.2, 0) is 0 Å².